The van der Waals surface area contributed by atoms with Crippen LogP contribution in [0.15, 0.2) is 72.8 Å². The van der Waals surface area contributed by atoms with E-state index < -0.39 is 5.97 Å². The van der Waals surface area contributed by atoms with Crippen LogP contribution >= 0.6 is 0 Å². The number of hydrogen-bond acceptors (Lipinski definition) is 3. The van der Waals surface area contributed by atoms with E-state index in [1.807, 2.05) is 54.6 Å². The minimum absolute atomic E-state index is 0.0636. The molecule has 5 heteroatoms. The highest BCUT2D eigenvalue weighted by Crippen LogP contribution is 2.29. The van der Waals surface area contributed by atoms with Crippen molar-refractivity contribution in [2.24, 2.45) is 0 Å². The Morgan fingerprint density at radius 1 is 1.07 bits per heavy atom. The van der Waals surface area contributed by atoms with Crippen LogP contribution < -0.4 is 5.32 Å². The quantitative estimate of drug-likeness (QED) is 0.615. The zero-order chi connectivity index (χ0) is 20.9. The summed E-state index contributed by atoms with van der Waals surface area (Å²) in [5, 5.41) is 13.0. The summed E-state index contributed by atoms with van der Waals surface area (Å²) in [6.45, 7) is 1.91. The lowest BCUT2D eigenvalue weighted by molar-refractivity contribution is 0.0106. The van der Waals surface area contributed by atoms with Crippen LogP contribution in [0.25, 0.3) is 11.1 Å². The van der Waals surface area contributed by atoms with Gasteiger partial charge in [-0.3, -0.25) is 0 Å². The summed E-state index contributed by atoms with van der Waals surface area (Å²) < 4.78 is 19.5. The van der Waals surface area contributed by atoms with Crippen molar-refractivity contribution in [1.29, 1.82) is 0 Å². The topological polar surface area (TPSA) is 58.6 Å². The number of carboxylic acid groups (broad SMARTS) is 1. The van der Waals surface area contributed by atoms with Crippen LogP contribution in [-0.2, 0) is 11.3 Å². The molecule has 1 fully saturated rings. The highest BCUT2D eigenvalue weighted by Gasteiger charge is 2.27. The number of carbonyl (C=O) groups is 1. The predicted molar refractivity (Wildman–Crippen MR) is 114 cm³/mol. The van der Waals surface area contributed by atoms with Gasteiger partial charge in [0, 0.05) is 12.5 Å². The van der Waals surface area contributed by atoms with Crippen molar-refractivity contribution < 1.29 is 19.0 Å². The van der Waals surface area contributed by atoms with Crippen molar-refractivity contribution in [2.75, 3.05) is 13.1 Å². The molecule has 0 radical (unpaired) electrons. The lowest BCUT2D eigenvalue weighted by Gasteiger charge is -2.32. The number of aromatic carboxylic acids is 1. The normalized spacial score (nSPS) is 18.8. The second kappa shape index (κ2) is 9.20. The molecule has 0 bridgehead atoms. The Morgan fingerprint density at radius 2 is 1.83 bits per heavy atom. The Balaban J connectivity index is 1.51. The van der Waals surface area contributed by atoms with E-state index in [9.17, 15) is 14.3 Å². The minimum Gasteiger partial charge on any atom is -0.478 e. The largest absolute Gasteiger partial charge is 0.478 e. The van der Waals surface area contributed by atoms with Crippen LogP contribution in [0.1, 0.15) is 33.8 Å². The molecule has 0 aliphatic carbocycles. The zero-order valence-corrected chi connectivity index (χ0v) is 16.6. The molecular weight excluding hydrogens is 381 g/mol. The predicted octanol–water partition coefficient (Wildman–Crippen LogP) is 4.85. The first-order valence-corrected chi connectivity index (χ1v) is 10.1. The molecule has 3 aromatic carbocycles. The number of ether oxygens (including phenoxy) is 1. The fourth-order valence-corrected chi connectivity index (χ4v) is 4.03. The highest BCUT2D eigenvalue weighted by molar-refractivity contribution is 5.96. The molecule has 1 aliphatic heterocycles. The summed E-state index contributed by atoms with van der Waals surface area (Å²) >= 11 is 0. The van der Waals surface area contributed by atoms with Crippen LogP contribution in [0.2, 0.25) is 0 Å². The van der Waals surface area contributed by atoms with Crippen LogP contribution in [0, 0.1) is 5.82 Å². The van der Waals surface area contributed by atoms with Gasteiger partial charge < -0.3 is 15.2 Å². The smallest absolute Gasteiger partial charge is 0.336 e. The molecule has 0 saturated carbocycles. The van der Waals surface area contributed by atoms with E-state index in [0.29, 0.717) is 18.7 Å². The maximum atomic E-state index is 13.3. The molecule has 2 unspecified atom stereocenters. The molecule has 0 spiro atoms. The lowest BCUT2D eigenvalue weighted by Crippen LogP contribution is -2.41. The second-order valence-electron chi connectivity index (χ2n) is 7.55. The van der Waals surface area contributed by atoms with Gasteiger partial charge in [0.2, 0.25) is 0 Å². The number of benzene rings is 3. The molecule has 4 rings (SSSR count). The van der Waals surface area contributed by atoms with Gasteiger partial charge in [-0.15, -0.1) is 0 Å². The Bertz CT molecular complexity index is 1000. The van der Waals surface area contributed by atoms with E-state index in [0.717, 1.165) is 29.7 Å². The van der Waals surface area contributed by atoms with Gasteiger partial charge in [-0.1, -0.05) is 54.6 Å². The molecule has 1 heterocycles. The van der Waals surface area contributed by atoms with Gasteiger partial charge in [0.05, 0.1) is 18.3 Å². The fraction of sp³-hybridized carbons (Fsp3) is 0.240. The van der Waals surface area contributed by atoms with Crippen molar-refractivity contribution in [3.63, 3.8) is 0 Å². The van der Waals surface area contributed by atoms with Gasteiger partial charge in [0.15, 0.2) is 0 Å². The average Bonchev–Trinajstić information content (AvgIpc) is 2.79. The van der Waals surface area contributed by atoms with Gasteiger partial charge >= 0.3 is 5.97 Å². The molecule has 2 atom stereocenters. The van der Waals surface area contributed by atoms with Crippen LogP contribution in [0.4, 0.5) is 4.39 Å². The maximum Gasteiger partial charge on any atom is 0.336 e. The summed E-state index contributed by atoms with van der Waals surface area (Å²) in [7, 11) is 0. The van der Waals surface area contributed by atoms with Crippen molar-refractivity contribution >= 4 is 5.97 Å². The van der Waals surface area contributed by atoms with E-state index in [-0.39, 0.29) is 23.4 Å². The average molecular weight is 405 g/mol. The first-order chi connectivity index (χ1) is 14.6. The van der Waals surface area contributed by atoms with E-state index in [1.54, 1.807) is 6.07 Å². The standard InChI is InChI=1S/C25H24FNO3/c26-20-9-7-19(8-10-20)22-12-13-27-15-24(22)30-16-17-6-11-21(23(14-17)25(28)29)18-4-2-1-3-5-18/h1-11,14,22,24,27H,12-13,15-16H2,(H,28,29). The number of halogens is 1. The molecule has 2 N–H and O–H groups in total. The first kappa shape index (κ1) is 20.3. The summed E-state index contributed by atoms with van der Waals surface area (Å²) in [5.41, 5.74) is 3.70. The van der Waals surface area contributed by atoms with Crippen molar-refractivity contribution in [3.8, 4) is 11.1 Å². The molecule has 1 saturated heterocycles. The second-order valence-corrected chi connectivity index (χ2v) is 7.55. The molecule has 154 valence electrons. The van der Waals surface area contributed by atoms with E-state index in [4.69, 9.17) is 4.74 Å². The van der Waals surface area contributed by atoms with Crippen LogP contribution in [0.3, 0.4) is 0 Å². The molecular formula is C25H24FNO3. The minimum atomic E-state index is -0.959. The summed E-state index contributed by atoms with van der Waals surface area (Å²) in [5.74, 6) is -1.03. The number of piperidine rings is 1. The van der Waals surface area contributed by atoms with Gasteiger partial charge in [-0.25, -0.2) is 9.18 Å². The number of rotatable bonds is 6. The SMILES string of the molecule is O=C(O)c1cc(COC2CNCCC2c2ccc(F)cc2)ccc1-c1ccccc1. The number of hydrogen-bond donors (Lipinski definition) is 2. The third kappa shape index (κ3) is 4.58. The zero-order valence-electron chi connectivity index (χ0n) is 16.6. The summed E-state index contributed by atoms with van der Waals surface area (Å²) in [6, 6.07) is 21.5. The maximum absolute atomic E-state index is 13.3. The van der Waals surface area contributed by atoms with Gasteiger partial charge in [0.1, 0.15) is 5.82 Å². The molecule has 1 aliphatic rings. The third-order valence-corrected chi connectivity index (χ3v) is 5.59. The van der Waals surface area contributed by atoms with E-state index in [2.05, 4.69) is 5.32 Å². The first-order valence-electron chi connectivity index (χ1n) is 10.1. The molecule has 3 aromatic rings. The van der Waals surface area contributed by atoms with Gasteiger partial charge in [0.25, 0.3) is 0 Å². The Kier molecular flexibility index (Phi) is 6.21. The number of nitrogens with one attached hydrogen (secondary N) is 1. The van der Waals surface area contributed by atoms with E-state index in [1.165, 1.54) is 12.1 Å². The Hall–Kier alpha value is -3.02. The van der Waals surface area contributed by atoms with Gasteiger partial charge in [-0.2, -0.15) is 0 Å². The third-order valence-electron chi connectivity index (χ3n) is 5.59. The summed E-state index contributed by atoms with van der Waals surface area (Å²) in [6.07, 6.45) is 0.843. The summed E-state index contributed by atoms with van der Waals surface area (Å²) in [4.78, 5) is 11.8. The van der Waals surface area contributed by atoms with Crippen LogP contribution in [-0.4, -0.2) is 30.3 Å². The molecule has 4 nitrogen and oxygen atoms in total. The van der Waals surface area contributed by atoms with Crippen molar-refractivity contribution in [2.45, 2.75) is 25.0 Å². The molecule has 30 heavy (non-hydrogen) atoms. The lowest BCUT2D eigenvalue weighted by atomic mass is 9.87. The van der Waals surface area contributed by atoms with E-state index >= 15 is 0 Å². The molecule has 0 aromatic heterocycles. The van der Waals surface area contributed by atoms with Crippen molar-refractivity contribution in [3.05, 3.63) is 95.3 Å². The Labute approximate surface area is 175 Å². The number of carboxylic acids is 1. The monoisotopic (exact) mass is 405 g/mol. The van der Waals surface area contributed by atoms with Crippen LogP contribution in [0.5, 0.6) is 0 Å². The fourth-order valence-electron chi connectivity index (χ4n) is 4.03. The van der Waals surface area contributed by atoms with Gasteiger partial charge in [-0.05, 0) is 53.4 Å². The Morgan fingerprint density at radius 3 is 2.57 bits per heavy atom. The van der Waals surface area contributed by atoms with Crippen molar-refractivity contribution in [1.82, 2.24) is 5.32 Å². The highest BCUT2D eigenvalue weighted by atomic mass is 19.1. The molecule has 0 amide bonds.